The zero-order chi connectivity index (χ0) is 11.7. The number of hydrogen-bond donors (Lipinski definition) is 1. The zero-order valence-corrected chi connectivity index (χ0v) is 11.3. The summed E-state index contributed by atoms with van der Waals surface area (Å²) in [6.07, 6.45) is 5.32. The fourth-order valence-electron chi connectivity index (χ4n) is 2.92. The standard InChI is InChI=1S/C15H21NS/c17-12-15(7-8-15)11-16-9-3-6-13-4-1-2-5-14(13)10-16/h1-2,4-5,17H,3,6-12H2. The number of aryl methyl sites for hydroxylation is 1. The molecule has 1 fully saturated rings. The first-order valence-corrected chi connectivity index (χ1v) is 7.35. The molecule has 0 saturated heterocycles. The molecule has 0 radical (unpaired) electrons. The van der Waals surface area contributed by atoms with Crippen LogP contribution in [0.25, 0.3) is 0 Å². The lowest BCUT2D eigenvalue weighted by atomic mass is 10.0. The molecular formula is C15H21NS. The van der Waals surface area contributed by atoms with Gasteiger partial charge in [0.05, 0.1) is 0 Å². The Morgan fingerprint density at radius 3 is 2.65 bits per heavy atom. The van der Waals surface area contributed by atoms with Gasteiger partial charge in [0.2, 0.25) is 0 Å². The van der Waals surface area contributed by atoms with E-state index in [0.29, 0.717) is 5.41 Å². The van der Waals surface area contributed by atoms with Crippen molar-refractivity contribution in [3.05, 3.63) is 35.4 Å². The van der Waals surface area contributed by atoms with Crippen LogP contribution in [-0.4, -0.2) is 23.7 Å². The first-order valence-electron chi connectivity index (χ1n) is 6.71. The maximum Gasteiger partial charge on any atom is 0.0236 e. The summed E-state index contributed by atoms with van der Waals surface area (Å²) in [6.45, 7) is 3.65. The molecule has 17 heavy (non-hydrogen) atoms. The van der Waals surface area contributed by atoms with Gasteiger partial charge in [0.25, 0.3) is 0 Å². The molecule has 0 atom stereocenters. The summed E-state index contributed by atoms with van der Waals surface area (Å²) in [6, 6.07) is 8.94. The molecule has 0 aromatic heterocycles. The van der Waals surface area contributed by atoms with E-state index in [9.17, 15) is 0 Å². The van der Waals surface area contributed by atoms with Gasteiger partial charge in [0, 0.05) is 13.1 Å². The fourth-order valence-corrected chi connectivity index (χ4v) is 3.34. The second kappa shape index (κ2) is 4.66. The van der Waals surface area contributed by atoms with Crippen LogP contribution in [0, 0.1) is 5.41 Å². The van der Waals surface area contributed by atoms with Crippen LogP contribution >= 0.6 is 12.6 Å². The summed E-state index contributed by atoms with van der Waals surface area (Å²) in [5.41, 5.74) is 3.66. The highest BCUT2D eigenvalue weighted by atomic mass is 32.1. The second-order valence-corrected chi connectivity index (χ2v) is 6.06. The Bertz CT molecular complexity index is 398. The normalized spacial score (nSPS) is 22.9. The van der Waals surface area contributed by atoms with Gasteiger partial charge in [0.1, 0.15) is 0 Å². The summed E-state index contributed by atoms with van der Waals surface area (Å²) in [7, 11) is 0. The van der Waals surface area contributed by atoms with E-state index in [1.54, 1.807) is 11.1 Å². The van der Waals surface area contributed by atoms with Crippen molar-refractivity contribution in [1.82, 2.24) is 4.90 Å². The first-order chi connectivity index (χ1) is 8.31. The van der Waals surface area contributed by atoms with Gasteiger partial charge in [-0.15, -0.1) is 0 Å². The molecule has 0 amide bonds. The van der Waals surface area contributed by atoms with Gasteiger partial charge < -0.3 is 0 Å². The third-order valence-electron chi connectivity index (χ3n) is 4.28. The highest BCUT2D eigenvalue weighted by Crippen LogP contribution is 2.47. The molecule has 1 saturated carbocycles. The molecule has 92 valence electrons. The maximum atomic E-state index is 4.52. The number of nitrogens with zero attached hydrogens (tertiary/aromatic N) is 1. The van der Waals surface area contributed by atoms with E-state index < -0.39 is 0 Å². The molecule has 1 aliphatic heterocycles. The van der Waals surface area contributed by atoms with Crippen molar-refractivity contribution in [2.45, 2.75) is 32.2 Å². The molecule has 1 aromatic carbocycles. The van der Waals surface area contributed by atoms with Crippen molar-refractivity contribution in [2.24, 2.45) is 5.41 Å². The average Bonchev–Trinajstić information content (AvgIpc) is 3.13. The first kappa shape index (κ1) is 11.6. The van der Waals surface area contributed by atoms with Crippen molar-refractivity contribution in [1.29, 1.82) is 0 Å². The third kappa shape index (κ3) is 2.53. The van der Waals surface area contributed by atoms with E-state index in [-0.39, 0.29) is 0 Å². The lowest BCUT2D eigenvalue weighted by Crippen LogP contribution is -2.31. The quantitative estimate of drug-likeness (QED) is 0.803. The second-order valence-electron chi connectivity index (χ2n) is 5.74. The van der Waals surface area contributed by atoms with Crippen LogP contribution in [0.2, 0.25) is 0 Å². The lowest BCUT2D eigenvalue weighted by Gasteiger charge is -2.25. The third-order valence-corrected chi connectivity index (χ3v) is 4.96. The minimum absolute atomic E-state index is 0.558. The fraction of sp³-hybridized carbons (Fsp3) is 0.600. The van der Waals surface area contributed by atoms with E-state index in [2.05, 4.69) is 41.8 Å². The predicted molar refractivity (Wildman–Crippen MR) is 75.6 cm³/mol. The Morgan fingerprint density at radius 1 is 1.18 bits per heavy atom. The van der Waals surface area contributed by atoms with Crippen LogP contribution in [0.5, 0.6) is 0 Å². The lowest BCUT2D eigenvalue weighted by molar-refractivity contribution is 0.225. The van der Waals surface area contributed by atoms with E-state index >= 15 is 0 Å². The van der Waals surface area contributed by atoms with Crippen LogP contribution in [0.15, 0.2) is 24.3 Å². The maximum absolute atomic E-state index is 4.52. The molecule has 1 aromatic rings. The van der Waals surface area contributed by atoms with Gasteiger partial charge in [-0.2, -0.15) is 12.6 Å². The molecule has 1 nitrogen and oxygen atoms in total. The van der Waals surface area contributed by atoms with E-state index in [0.717, 1.165) is 12.3 Å². The Labute approximate surface area is 110 Å². The van der Waals surface area contributed by atoms with Gasteiger partial charge in [-0.1, -0.05) is 24.3 Å². The number of fused-ring (bicyclic) bond motifs is 1. The average molecular weight is 247 g/mol. The minimum atomic E-state index is 0.558. The molecule has 3 rings (SSSR count). The van der Waals surface area contributed by atoms with Crippen LogP contribution in [0.1, 0.15) is 30.4 Å². The number of rotatable bonds is 3. The van der Waals surface area contributed by atoms with Crippen LogP contribution in [0.4, 0.5) is 0 Å². The van der Waals surface area contributed by atoms with Crippen LogP contribution < -0.4 is 0 Å². The highest BCUT2D eigenvalue weighted by molar-refractivity contribution is 7.80. The summed E-state index contributed by atoms with van der Waals surface area (Å²) >= 11 is 4.52. The van der Waals surface area contributed by atoms with Crippen molar-refractivity contribution >= 4 is 12.6 Å². The summed E-state index contributed by atoms with van der Waals surface area (Å²) in [4.78, 5) is 2.65. The van der Waals surface area contributed by atoms with Crippen molar-refractivity contribution < 1.29 is 0 Å². The van der Waals surface area contributed by atoms with Gasteiger partial charge in [-0.3, -0.25) is 4.90 Å². The van der Waals surface area contributed by atoms with Crippen molar-refractivity contribution in [3.63, 3.8) is 0 Å². The summed E-state index contributed by atoms with van der Waals surface area (Å²) < 4.78 is 0. The SMILES string of the molecule is SCC1(CN2CCCc3ccccc3C2)CC1. The van der Waals surface area contributed by atoms with Crippen LogP contribution in [0.3, 0.4) is 0 Å². The molecule has 1 heterocycles. The van der Waals surface area contributed by atoms with Crippen molar-refractivity contribution in [2.75, 3.05) is 18.8 Å². The summed E-state index contributed by atoms with van der Waals surface area (Å²) in [5.74, 6) is 1.06. The van der Waals surface area contributed by atoms with E-state index in [4.69, 9.17) is 0 Å². The van der Waals surface area contributed by atoms with Crippen molar-refractivity contribution in [3.8, 4) is 0 Å². The monoisotopic (exact) mass is 247 g/mol. The molecule has 0 N–H and O–H groups in total. The predicted octanol–water partition coefficient (Wildman–Crippen LogP) is 3.14. The molecule has 1 aliphatic carbocycles. The van der Waals surface area contributed by atoms with Crippen LogP contribution in [-0.2, 0) is 13.0 Å². The molecule has 2 aliphatic rings. The van der Waals surface area contributed by atoms with E-state index in [1.807, 2.05) is 0 Å². The molecule has 2 heteroatoms. The highest BCUT2D eigenvalue weighted by Gasteiger charge is 2.42. The van der Waals surface area contributed by atoms with Gasteiger partial charge in [0.15, 0.2) is 0 Å². The van der Waals surface area contributed by atoms with Gasteiger partial charge in [-0.05, 0) is 54.5 Å². The summed E-state index contributed by atoms with van der Waals surface area (Å²) in [5, 5.41) is 0. The molecule has 0 unspecified atom stereocenters. The smallest absolute Gasteiger partial charge is 0.0236 e. The largest absolute Gasteiger partial charge is 0.298 e. The van der Waals surface area contributed by atoms with E-state index in [1.165, 1.54) is 38.8 Å². The minimum Gasteiger partial charge on any atom is -0.298 e. The molecule has 0 bridgehead atoms. The zero-order valence-electron chi connectivity index (χ0n) is 10.4. The number of hydrogen-bond acceptors (Lipinski definition) is 2. The Balaban J connectivity index is 1.72. The number of thiol groups is 1. The Morgan fingerprint density at radius 2 is 1.94 bits per heavy atom. The Kier molecular flexibility index (Phi) is 3.18. The topological polar surface area (TPSA) is 3.24 Å². The van der Waals surface area contributed by atoms with Gasteiger partial charge >= 0.3 is 0 Å². The molecule has 0 spiro atoms. The van der Waals surface area contributed by atoms with Gasteiger partial charge in [-0.25, -0.2) is 0 Å². The Hall–Kier alpha value is -0.470. The molecular weight excluding hydrogens is 226 g/mol. The number of benzene rings is 1.